The van der Waals surface area contributed by atoms with Crippen LogP contribution in [0.15, 0.2) is 36.5 Å². The molecule has 1 rings (SSSR count). The molecule has 6 unspecified atom stereocenters. The zero-order chi connectivity index (χ0) is 53.3. The van der Waals surface area contributed by atoms with Crippen molar-refractivity contribution in [2.45, 2.75) is 314 Å². The second-order valence-corrected chi connectivity index (χ2v) is 20.6. The molecule has 1 heterocycles. The standard InChI is InChI=1S/C61H108O12/c1-4-7-10-13-16-19-22-24-26-27-29-31-34-37-40-43-46-49-55(64)72-59-57(66)56(65)58(60(67)68)73-61(59)70-51-52(71-54(63)48-45-42-39-36-32-21-18-15-12-9-6-3)50-69-53(62)47-44-41-38-35-33-30-28-25-23-20-17-14-11-8-5-2/h8,11,17,20,25,28,52,56-59,61,65-66H,4-7,9-10,12-16,18-19,21-24,26-27,29-51H2,1-3H3,(H,67,68)/b11-8-,20-17-,28-25-. The van der Waals surface area contributed by atoms with Gasteiger partial charge in [0.1, 0.15) is 18.8 Å². The van der Waals surface area contributed by atoms with E-state index in [9.17, 15) is 34.5 Å². The van der Waals surface area contributed by atoms with Crippen molar-refractivity contribution in [1.29, 1.82) is 0 Å². The molecule has 0 radical (unpaired) electrons. The van der Waals surface area contributed by atoms with E-state index < -0.39 is 67.3 Å². The number of rotatable bonds is 51. The maximum absolute atomic E-state index is 13.1. The fraction of sp³-hybridized carbons (Fsp3) is 0.836. The van der Waals surface area contributed by atoms with Gasteiger partial charge < -0.3 is 39.0 Å². The van der Waals surface area contributed by atoms with Crippen LogP contribution in [0, 0.1) is 0 Å². The minimum atomic E-state index is -1.90. The zero-order valence-electron chi connectivity index (χ0n) is 46.6. The molecule has 6 atom stereocenters. The van der Waals surface area contributed by atoms with E-state index in [0.717, 1.165) is 89.9 Å². The SMILES string of the molecule is CC/C=C\C/C=C\C/C=C\CCCCCCCC(=O)OCC(COC1OC(C(=O)O)C(O)C(O)C1OC(=O)CCCCCCCCCCCCCCCCCCC)OC(=O)CCCCCCCCCCCCC. The molecule has 1 fully saturated rings. The number of aliphatic carboxylic acids is 1. The normalized spacial score (nSPS) is 18.5. The maximum atomic E-state index is 13.1. The smallest absolute Gasteiger partial charge is 0.335 e. The Kier molecular flexibility index (Phi) is 46.4. The van der Waals surface area contributed by atoms with Gasteiger partial charge in [0.05, 0.1) is 6.61 Å². The molecule has 0 saturated carbocycles. The van der Waals surface area contributed by atoms with Crippen molar-refractivity contribution >= 4 is 23.9 Å². The number of carboxylic acids is 1. The zero-order valence-corrected chi connectivity index (χ0v) is 46.6. The van der Waals surface area contributed by atoms with Crippen LogP contribution in [-0.2, 0) is 42.9 Å². The molecule has 1 saturated heterocycles. The van der Waals surface area contributed by atoms with Gasteiger partial charge in [-0.2, -0.15) is 0 Å². The molecule has 1 aliphatic rings. The number of carbonyl (C=O) groups excluding carboxylic acids is 3. The lowest BCUT2D eigenvalue weighted by Gasteiger charge is -2.40. The molecular formula is C61H108O12. The van der Waals surface area contributed by atoms with Crippen LogP contribution in [0.2, 0.25) is 0 Å². The monoisotopic (exact) mass is 1030 g/mol. The summed E-state index contributed by atoms with van der Waals surface area (Å²) in [6.07, 6.45) is 45.4. The molecule has 0 aromatic carbocycles. The third-order valence-electron chi connectivity index (χ3n) is 13.7. The summed E-state index contributed by atoms with van der Waals surface area (Å²) in [4.78, 5) is 51.1. The van der Waals surface area contributed by atoms with E-state index in [-0.39, 0.29) is 25.9 Å². The van der Waals surface area contributed by atoms with Crippen LogP contribution in [0.25, 0.3) is 0 Å². The fourth-order valence-electron chi connectivity index (χ4n) is 9.15. The van der Waals surface area contributed by atoms with Gasteiger partial charge in [-0.05, 0) is 51.4 Å². The average molecular weight is 1030 g/mol. The Labute approximate surface area is 444 Å². The maximum Gasteiger partial charge on any atom is 0.335 e. The van der Waals surface area contributed by atoms with Gasteiger partial charge in [-0.3, -0.25) is 14.4 Å². The van der Waals surface area contributed by atoms with E-state index >= 15 is 0 Å². The molecule has 0 aromatic rings. The number of esters is 3. The fourth-order valence-corrected chi connectivity index (χ4v) is 9.15. The molecule has 0 spiro atoms. The molecule has 424 valence electrons. The van der Waals surface area contributed by atoms with Gasteiger partial charge in [0.25, 0.3) is 0 Å². The number of aliphatic hydroxyl groups excluding tert-OH is 2. The predicted molar refractivity (Wildman–Crippen MR) is 294 cm³/mol. The molecule has 12 nitrogen and oxygen atoms in total. The van der Waals surface area contributed by atoms with Crippen LogP contribution in [0.3, 0.4) is 0 Å². The highest BCUT2D eigenvalue weighted by atomic mass is 16.7. The molecule has 12 heteroatoms. The lowest BCUT2D eigenvalue weighted by atomic mass is 9.98. The first-order valence-electron chi connectivity index (χ1n) is 30.0. The van der Waals surface area contributed by atoms with Gasteiger partial charge >= 0.3 is 23.9 Å². The second-order valence-electron chi connectivity index (χ2n) is 20.6. The molecule has 0 bridgehead atoms. The van der Waals surface area contributed by atoms with E-state index in [4.69, 9.17) is 23.7 Å². The highest BCUT2D eigenvalue weighted by molar-refractivity contribution is 5.74. The average Bonchev–Trinajstić information content (AvgIpc) is 3.37. The van der Waals surface area contributed by atoms with Crippen LogP contribution >= 0.6 is 0 Å². The number of hydrogen-bond donors (Lipinski definition) is 3. The molecule has 0 aromatic heterocycles. The number of allylic oxidation sites excluding steroid dienone is 6. The minimum absolute atomic E-state index is 0.0649. The van der Waals surface area contributed by atoms with Crippen molar-refractivity contribution in [3.63, 3.8) is 0 Å². The minimum Gasteiger partial charge on any atom is -0.479 e. The Bertz CT molecular complexity index is 1410. The lowest BCUT2D eigenvalue weighted by Crippen LogP contribution is -2.61. The first-order valence-corrected chi connectivity index (χ1v) is 30.0. The summed E-state index contributed by atoms with van der Waals surface area (Å²) < 4.78 is 28.4. The molecule has 3 N–H and O–H groups in total. The Morgan fingerprint density at radius 3 is 1.32 bits per heavy atom. The van der Waals surface area contributed by atoms with E-state index in [0.29, 0.717) is 19.3 Å². The van der Waals surface area contributed by atoms with Gasteiger partial charge in [0.15, 0.2) is 24.6 Å². The summed E-state index contributed by atoms with van der Waals surface area (Å²) in [7, 11) is 0. The number of ether oxygens (including phenoxy) is 5. The summed E-state index contributed by atoms with van der Waals surface area (Å²) in [6.45, 7) is 5.88. The summed E-state index contributed by atoms with van der Waals surface area (Å²) in [6, 6.07) is 0. The number of carbonyl (C=O) groups is 4. The number of aliphatic hydroxyl groups is 2. The molecule has 1 aliphatic heterocycles. The van der Waals surface area contributed by atoms with E-state index in [2.05, 4.69) is 57.2 Å². The molecule has 0 amide bonds. The summed E-state index contributed by atoms with van der Waals surface area (Å²) >= 11 is 0. The van der Waals surface area contributed by atoms with E-state index in [1.807, 2.05) is 0 Å². The number of hydrogen-bond acceptors (Lipinski definition) is 11. The lowest BCUT2D eigenvalue weighted by molar-refractivity contribution is -0.301. The molecule has 0 aliphatic carbocycles. The first kappa shape index (κ1) is 68.0. The Hall–Kier alpha value is -3.06. The second kappa shape index (κ2) is 49.8. The third-order valence-corrected chi connectivity index (χ3v) is 13.7. The van der Waals surface area contributed by atoms with Crippen LogP contribution < -0.4 is 0 Å². The van der Waals surface area contributed by atoms with Crippen molar-refractivity contribution in [2.24, 2.45) is 0 Å². The number of unbranched alkanes of at least 4 members (excludes halogenated alkanes) is 31. The van der Waals surface area contributed by atoms with Crippen LogP contribution in [0.4, 0.5) is 0 Å². The van der Waals surface area contributed by atoms with Crippen molar-refractivity contribution in [3.05, 3.63) is 36.5 Å². The topological polar surface area (TPSA) is 175 Å². The summed E-state index contributed by atoms with van der Waals surface area (Å²) in [5, 5.41) is 31.5. The highest BCUT2D eigenvalue weighted by Crippen LogP contribution is 2.27. The van der Waals surface area contributed by atoms with E-state index in [1.54, 1.807) is 0 Å². The molecule has 73 heavy (non-hydrogen) atoms. The third kappa shape index (κ3) is 39.9. The summed E-state index contributed by atoms with van der Waals surface area (Å²) in [5.74, 6) is -3.11. The predicted octanol–water partition coefficient (Wildman–Crippen LogP) is 15.2. The highest BCUT2D eigenvalue weighted by Gasteiger charge is 2.50. The van der Waals surface area contributed by atoms with Gasteiger partial charge in [0, 0.05) is 19.3 Å². The molecular weight excluding hydrogens is 925 g/mol. The quantitative estimate of drug-likeness (QED) is 0.0228. The van der Waals surface area contributed by atoms with Crippen molar-refractivity contribution in [1.82, 2.24) is 0 Å². The van der Waals surface area contributed by atoms with Crippen molar-refractivity contribution in [3.8, 4) is 0 Å². The largest absolute Gasteiger partial charge is 0.479 e. The Morgan fingerprint density at radius 1 is 0.466 bits per heavy atom. The van der Waals surface area contributed by atoms with Gasteiger partial charge in [-0.15, -0.1) is 0 Å². The Balaban J connectivity index is 2.66. The van der Waals surface area contributed by atoms with Gasteiger partial charge in [-0.25, -0.2) is 4.79 Å². The van der Waals surface area contributed by atoms with Gasteiger partial charge in [-0.1, -0.05) is 243 Å². The van der Waals surface area contributed by atoms with Crippen LogP contribution in [-0.4, -0.2) is 89.2 Å². The summed E-state index contributed by atoms with van der Waals surface area (Å²) in [5.41, 5.74) is 0. The van der Waals surface area contributed by atoms with Gasteiger partial charge in [0.2, 0.25) is 0 Å². The van der Waals surface area contributed by atoms with Crippen molar-refractivity contribution < 1.29 is 58.2 Å². The number of carboxylic acid groups (broad SMARTS) is 1. The van der Waals surface area contributed by atoms with Crippen molar-refractivity contribution in [2.75, 3.05) is 13.2 Å². The first-order chi connectivity index (χ1) is 35.6. The van der Waals surface area contributed by atoms with E-state index in [1.165, 1.54) is 128 Å². The van der Waals surface area contributed by atoms with Crippen LogP contribution in [0.1, 0.15) is 278 Å². The van der Waals surface area contributed by atoms with Crippen LogP contribution in [0.5, 0.6) is 0 Å². The Morgan fingerprint density at radius 2 is 0.863 bits per heavy atom.